The number of ether oxygens (including phenoxy) is 1. The highest BCUT2D eigenvalue weighted by atomic mass is 16.5. The van der Waals surface area contributed by atoms with Crippen LogP contribution in [0.25, 0.3) is 0 Å². The van der Waals surface area contributed by atoms with Crippen LogP contribution in [0.1, 0.15) is 12.0 Å². The first-order valence-corrected chi connectivity index (χ1v) is 5.31. The molecule has 86 valence electrons. The fraction of sp³-hybridized carbons (Fsp3) is 0.500. The number of nitriles is 1. The number of hydrogen-bond acceptors (Lipinski definition) is 4. The molecule has 1 aromatic heterocycles. The first kappa shape index (κ1) is 12.5. The lowest BCUT2D eigenvalue weighted by atomic mass is 10.3. The van der Waals surface area contributed by atoms with E-state index < -0.39 is 0 Å². The van der Waals surface area contributed by atoms with Crippen LogP contribution in [0.3, 0.4) is 0 Å². The third-order valence-electron chi connectivity index (χ3n) is 2.28. The van der Waals surface area contributed by atoms with E-state index in [2.05, 4.69) is 16.0 Å². The lowest BCUT2D eigenvalue weighted by Gasteiger charge is -2.22. The number of rotatable bonds is 6. The summed E-state index contributed by atoms with van der Waals surface area (Å²) < 4.78 is 5.05. The molecule has 0 atom stereocenters. The first-order valence-electron chi connectivity index (χ1n) is 5.31. The molecule has 1 heterocycles. The lowest BCUT2D eigenvalue weighted by Crippen LogP contribution is -2.28. The molecule has 4 heteroatoms. The number of pyridine rings is 1. The Bertz CT molecular complexity index is 342. The number of hydrogen-bond donors (Lipinski definition) is 0. The van der Waals surface area contributed by atoms with Crippen molar-refractivity contribution < 1.29 is 4.74 Å². The second-order valence-corrected chi connectivity index (χ2v) is 3.58. The molecular formula is C12H17N3O. The maximum atomic E-state index is 8.60. The van der Waals surface area contributed by atoms with Crippen molar-refractivity contribution in [2.45, 2.75) is 13.3 Å². The topological polar surface area (TPSA) is 49.1 Å². The van der Waals surface area contributed by atoms with Crippen molar-refractivity contribution in [1.29, 1.82) is 5.26 Å². The van der Waals surface area contributed by atoms with Gasteiger partial charge in [0.05, 0.1) is 19.1 Å². The van der Waals surface area contributed by atoms with Gasteiger partial charge >= 0.3 is 0 Å². The van der Waals surface area contributed by atoms with Crippen LogP contribution in [0.15, 0.2) is 18.3 Å². The van der Waals surface area contributed by atoms with E-state index >= 15 is 0 Å². The maximum Gasteiger partial charge on any atom is 0.128 e. The van der Waals surface area contributed by atoms with Crippen LogP contribution in [-0.4, -0.2) is 31.8 Å². The highest BCUT2D eigenvalue weighted by Gasteiger charge is 2.06. The quantitative estimate of drug-likeness (QED) is 0.731. The van der Waals surface area contributed by atoms with Crippen LogP contribution in [-0.2, 0) is 4.74 Å². The minimum absolute atomic E-state index is 0.499. The number of methoxy groups -OCH3 is 1. The number of anilines is 1. The van der Waals surface area contributed by atoms with E-state index in [1.165, 1.54) is 0 Å². The molecule has 0 bridgehead atoms. The zero-order valence-corrected chi connectivity index (χ0v) is 9.81. The van der Waals surface area contributed by atoms with Gasteiger partial charge in [-0.15, -0.1) is 0 Å². The van der Waals surface area contributed by atoms with Gasteiger partial charge in [0.2, 0.25) is 0 Å². The van der Waals surface area contributed by atoms with Gasteiger partial charge in [0.15, 0.2) is 0 Å². The molecule has 1 aromatic rings. The number of nitrogens with zero attached hydrogens (tertiary/aromatic N) is 3. The van der Waals surface area contributed by atoms with Crippen molar-refractivity contribution in [2.75, 3.05) is 31.7 Å². The average Bonchev–Trinajstić information content (AvgIpc) is 2.31. The number of aromatic nitrogens is 1. The molecule has 0 saturated heterocycles. The van der Waals surface area contributed by atoms with Crippen molar-refractivity contribution >= 4 is 5.82 Å². The van der Waals surface area contributed by atoms with Gasteiger partial charge in [-0.05, 0) is 18.6 Å². The monoisotopic (exact) mass is 219 g/mol. The Morgan fingerprint density at radius 2 is 2.25 bits per heavy atom. The molecule has 0 aliphatic heterocycles. The Morgan fingerprint density at radius 3 is 2.81 bits per heavy atom. The van der Waals surface area contributed by atoms with Gasteiger partial charge in [-0.2, -0.15) is 5.26 Å². The molecule has 0 spiro atoms. The van der Waals surface area contributed by atoms with E-state index in [0.717, 1.165) is 17.9 Å². The molecule has 0 radical (unpaired) electrons. The summed E-state index contributed by atoms with van der Waals surface area (Å²) in [5.41, 5.74) is 1.13. The van der Waals surface area contributed by atoms with E-state index in [1.807, 2.05) is 25.3 Å². The standard InChI is InChI=1S/C12H17N3O/c1-11-4-5-12(14-10-11)15(7-3-6-13)8-9-16-2/h4-5,10H,3,7-9H2,1-2H3. The Hall–Kier alpha value is -1.60. The summed E-state index contributed by atoms with van der Waals surface area (Å²) in [6.07, 6.45) is 2.33. The fourth-order valence-electron chi connectivity index (χ4n) is 1.37. The Labute approximate surface area is 96.5 Å². The van der Waals surface area contributed by atoms with E-state index in [-0.39, 0.29) is 0 Å². The minimum Gasteiger partial charge on any atom is -0.383 e. The number of aryl methyl sites for hydroxylation is 1. The Balaban J connectivity index is 2.67. The predicted octanol–water partition coefficient (Wildman–Crippen LogP) is 1.76. The summed E-state index contributed by atoms with van der Waals surface area (Å²) >= 11 is 0. The molecule has 1 rings (SSSR count). The van der Waals surface area contributed by atoms with Crippen molar-refractivity contribution in [1.82, 2.24) is 4.98 Å². The summed E-state index contributed by atoms with van der Waals surface area (Å²) in [7, 11) is 1.67. The van der Waals surface area contributed by atoms with Crippen molar-refractivity contribution in [3.8, 4) is 6.07 Å². The second-order valence-electron chi connectivity index (χ2n) is 3.58. The molecule has 0 aliphatic rings. The molecule has 16 heavy (non-hydrogen) atoms. The van der Waals surface area contributed by atoms with Crippen LogP contribution in [0.5, 0.6) is 0 Å². The molecule has 0 N–H and O–H groups in total. The van der Waals surface area contributed by atoms with Gasteiger partial charge in [0.1, 0.15) is 5.82 Å². The van der Waals surface area contributed by atoms with Gasteiger partial charge in [-0.3, -0.25) is 0 Å². The Morgan fingerprint density at radius 1 is 1.44 bits per heavy atom. The highest BCUT2D eigenvalue weighted by molar-refractivity contribution is 5.39. The first-order chi connectivity index (χ1) is 7.77. The van der Waals surface area contributed by atoms with E-state index in [4.69, 9.17) is 10.00 Å². The molecular weight excluding hydrogens is 202 g/mol. The van der Waals surface area contributed by atoms with Gasteiger partial charge in [0, 0.05) is 26.4 Å². The molecule has 0 aliphatic carbocycles. The van der Waals surface area contributed by atoms with Crippen molar-refractivity contribution in [2.24, 2.45) is 0 Å². The van der Waals surface area contributed by atoms with Gasteiger partial charge in [0.25, 0.3) is 0 Å². The predicted molar refractivity (Wildman–Crippen MR) is 63.3 cm³/mol. The molecule has 0 aromatic carbocycles. The third kappa shape index (κ3) is 3.87. The van der Waals surface area contributed by atoms with Gasteiger partial charge < -0.3 is 9.64 Å². The maximum absolute atomic E-state index is 8.60. The smallest absolute Gasteiger partial charge is 0.128 e. The highest BCUT2D eigenvalue weighted by Crippen LogP contribution is 2.11. The summed E-state index contributed by atoms with van der Waals surface area (Å²) in [4.78, 5) is 6.41. The van der Waals surface area contributed by atoms with E-state index in [9.17, 15) is 0 Å². The summed E-state index contributed by atoms with van der Waals surface area (Å²) in [6, 6.07) is 6.14. The summed E-state index contributed by atoms with van der Waals surface area (Å²) in [5, 5.41) is 8.60. The average molecular weight is 219 g/mol. The largest absolute Gasteiger partial charge is 0.383 e. The van der Waals surface area contributed by atoms with Crippen LogP contribution in [0, 0.1) is 18.3 Å². The molecule has 0 amide bonds. The van der Waals surface area contributed by atoms with Gasteiger partial charge in [-0.25, -0.2) is 4.98 Å². The van der Waals surface area contributed by atoms with E-state index in [1.54, 1.807) is 7.11 Å². The SMILES string of the molecule is COCCN(CCC#N)c1ccc(C)cn1. The second kappa shape index (κ2) is 6.81. The summed E-state index contributed by atoms with van der Waals surface area (Å²) in [6.45, 7) is 4.09. The van der Waals surface area contributed by atoms with Gasteiger partial charge in [-0.1, -0.05) is 6.07 Å². The molecule has 0 saturated carbocycles. The third-order valence-corrected chi connectivity index (χ3v) is 2.28. The normalized spacial score (nSPS) is 9.81. The summed E-state index contributed by atoms with van der Waals surface area (Å²) in [5.74, 6) is 0.901. The molecule has 4 nitrogen and oxygen atoms in total. The van der Waals surface area contributed by atoms with Crippen LogP contribution < -0.4 is 4.90 Å². The van der Waals surface area contributed by atoms with Crippen LogP contribution >= 0.6 is 0 Å². The molecule has 0 fully saturated rings. The van der Waals surface area contributed by atoms with Crippen molar-refractivity contribution in [3.63, 3.8) is 0 Å². The molecule has 0 unspecified atom stereocenters. The van der Waals surface area contributed by atoms with Crippen molar-refractivity contribution in [3.05, 3.63) is 23.9 Å². The fourth-order valence-corrected chi connectivity index (χ4v) is 1.37. The minimum atomic E-state index is 0.499. The van der Waals surface area contributed by atoms with Crippen LogP contribution in [0.2, 0.25) is 0 Å². The zero-order chi connectivity index (χ0) is 11.8. The lowest BCUT2D eigenvalue weighted by molar-refractivity contribution is 0.205. The van der Waals surface area contributed by atoms with Crippen LogP contribution in [0.4, 0.5) is 5.82 Å². The Kier molecular flexibility index (Phi) is 5.30. The zero-order valence-electron chi connectivity index (χ0n) is 9.81. The van der Waals surface area contributed by atoms with E-state index in [0.29, 0.717) is 19.6 Å².